The number of Topliss-reactive ketones (excluding diaryl/α,β-unsaturated/α-hetero) is 1. The molecule has 0 fully saturated rings. The van der Waals surface area contributed by atoms with Crippen molar-refractivity contribution in [3.8, 4) is 0 Å². The number of ketones is 1. The van der Waals surface area contributed by atoms with E-state index in [0.29, 0.717) is 0 Å². The third-order valence-corrected chi connectivity index (χ3v) is 2.59. The molecule has 0 aliphatic rings. The van der Waals surface area contributed by atoms with Gasteiger partial charge in [-0.1, -0.05) is 43.3 Å². The smallest absolute Gasteiger partial charge is 0.137 e. The Kier molecular flexibility index (Phi) is 3.63. The maximum absolute atomic E-state index is 11.3. The third-order valence-electron chi connectivity index (χ3n) is 2.59. The van der Waals surface area contributed by atoms with Gasteiger partial charge in [-0.15, -0.1) is 6.58 Å². The molecule has 1 aromatic carbocycles. The summed E-state index contributed by atoms with van der Waals surface area (Å²) in [5, 5.41) is 0. The van der Waals surface area contributed by atoms with Crippen molar-refractivity contribution in [3.63, 3.8) is 0 Å². The van der Waals surface area contributed by atoms with Crippen LogP contribution in [-0.4, -0.2) is 5.78 Å². The van der Waals surface area contributed by atoms with Crippen LogP contribution in [0.25, 0.3) is 0 Å². The summed E-state index contributed by atoms with van der Waals surface area (Å²) >= 11 is 0. The SMILES string of the molecule is C=C[C@@H](C(C)=O)[C@H](C)c1ccccc1. The van der Waals surface area contributed by atoms with Crippen molar-refractivity contribution < 1.29 is 4.79 Å². The largest absolute Gasteiger partial charge is 0.299 e. The van der Waals surface area contributed by atoms with E-state index in [-0.39, 0.29) is 17.6 Å². The number of carbonyl (C=O) groups is 1. The third kappa shape index (κ3) is 2.32. The molecule has 0 radical (unpaired) electrons. The molecular weight excluding hydrogens is 172 g/mol. The van der Waals surface area contributed by atoms with Gasteiger partial charge in [0.15, 0.2) is 0 Å². The molecule has 14 heavy (non-hydrogen) atoms. The summed E-state index contributed by atoms with van der Waals surface area (Å²) in [6.45, 7) is 7.38. The van der Waals surface area contributed by atoms with Crippen molar-refractivity contribution in [1.82, 2.24) is 0 Å². The first-order valence-electron chi connectivity index (χ1n) is 4.84. The summed E-state index contributed by atoms with van der Waals surface area (Å²) in [6, 6.07) is 10.1. The summed E-state index contributed by atoms with van der Waals surface area (Å²) in [6.07, 6.45) is 1.74. The van der Waals surface area contributed by atoms with Crippen LogP contribution in [0.3, 0.4) is 0 Å². The summed E-state index contributed by atoms with van der Waals surface area (Å²) in [5.74, 6) is 0.319. The van der Waals surface area contributed by atoms with E-state index in [1.807, 2.05) is 30.3 Å². The van der Waals surface area contributed by atoms with Gasteiger partial charge < -0.3 is 0 Å². The van der Waals surface area contributed by atoms with Crippen molar-refractivity contribution in [3.05, 3.63) is 48.6 Å². The van der Waals surface area contributed by atoms with Crippen molar-refractivity contribution in [2.45, 2.75) is 19.8 Å². The van der Waals surface area contributed by atoms with Crippen molar-refractivity contribution in [2.24, 2.45) is 5.92 Å². The predicted molar refractivity (Wildman–Crippen MR) is 59.2 cm³/mol. The zero-order chi connectivity index (χ0) is 10.6. The summed E-state index contributed by atoms with van der Waals surface area (Å²) in [5.41, 5.74) is 1.19. The maximum atomic E-state index is 11.3. The molecular formula is C13H16O. The van der Waals surface area contributed by atoms with Crippen LogP contribution in [0.4, 0.5) is 0 Å². The fourth-order valence-corrected chi connectivity index (χ4v) is 1.69. The molecule has 0 saturated heterocycles. The monoisotopic (exact) mass is 188 g/mol. The molecule has 1 rings (SSSR count). The number of hydrogen-bond donors (Lipinski definition) is 0. The Morgan fingerprint density at radius 3 is 2.36 bits per heavy atom. The first-order chi connectivity index (χ1) is 6.66. The molecule has 1 aromatic rings. The average molecular weight is 188 g/mol. The highest BCUT2D eigenvalue weighted by atomic mass is 16.1. The van der Waals surface area contributed by atoms with Crippen LogP contribution >= 0.6 is 0 Å². The second-order valence-corrected chi connectivity index (χ2v) is 3.57. The van der Waals surface area contributed by atoms with Gasteiger partial charge in [-0.25, -0.2) is 0 Å². The van der Waals surface area contributed by atoms with E-state index >= 15 is 0 Å². The number of allylic oxidation sites excluding steroid dienone is 1. The van der Waals surface area contributed by atoms with E-state index in [9.17, 15) is 4.79 Å². The van der Waals surface area contributed by atoms with E-state index in [0.717, 1.165) is 0 Å². The molecule has 0 N–H and O–H groups in total. The number of rotatable bonds is 4. The highest BCUT2D eigenvalue weighted by Crippen LogP contribution is 2.25. The second-order valence-electron chi connectivity index (χ2n) is 3.57. The Balaban J connectivity index is 2.88. The van der Waals surface area contributed by atoms with Gasteiger partial charge in [0, 0.05) is 5.92 Å². The Hall–Kier alpha value is -1.37. The number of hydrogen-bond acceptors (Lipinski definition) is 1. The van der Waals surface area contributed by atoms with Gasteiger partial charge in [-0.05, 0) is 18.4 Å². The molecule has 2 atom stereocenters. The molecule has 0 aromatic heterocycles. The van der Waals surface area contributed by atoms with Crippen LogP contribution in [-0.2, 0) is 4.79 Å². The van der Waals surface area contributed by atoms with Crippen molar-refractivity contribution in [2.75, 3.05) is 0 Å². The van der Waals surface area contributed by atoms with Crippen molar-refractivity contribution >= 4 is 5.78 Å². The lowest BCUT2D eigenvalue weighted by atomic mass is 9.85. The first kappa shape index (κ1) is 10.7. The highest BCUT2D eigenvalue weighted by molar-refractivity contribution is 5.81. The minimum absolute atomic E-state index is 0.0719. The van der Waals surface area contributed by atoms with E-state index in [1.54, 1.807) is 13.0 Å². The van der Waals surface area contributed by atoms with Crippen molar-refractivity contribution in [1.29, 1.82) is 0 Å². The highest BCUT2D eigenvalue weighted by Gasteiger charge is 2.19. The molecule has 0 saturated carbocycles. The minimum atomic E-state index is -0.0719. The van der Waals surface area contributed by atoms with E-state index in [2.05, 4.69) is 13.5 Å². The minimum Gasteiger partial charge on any atom is -0.299 e. The van der Waals surface area contributed by atoms with Gasteiger partial charge in [-0.3, -0.25) is 4.79 Å². The maximum Gasteiger partial charge on any atom is 0.137 e. The lowest BCUT2D eigenvalue weighted by Gasteiger charge is -2.18. The lowest BCUT2D eigenvalue weighted by molar-refractivity contribution is -0.119. The van der Waals surface area contributed by atoms with Gasteiger partial charge in [0.25, 0.3) is 0 Å². The average Bonchev–Trinajstić information content (AvgIpc) is 2.19. The van der Waals surface area contributed by atoms with Crippen LogP contribution < -0.4 is 0 Å². The molecule has 0 heterocycles. The van der Waals surface area contributed by atoms with E-state index < -0.39 is 0 Å². The van der Waals surface area contributed by atoms with E-state index in [1.165, 1.54) is 5.56 Å². The molecule has 0 bridgehead atoms. The lowest BCUT2D eigenvalue weighted by Crippen LogP contribution is -2.15. The van der Waals surface area contributed by atoms with Gasteiger partial charge in [-0.2, -0.15) is 0 Å². The Labute approximate surface area is 85.5 Å². The van der Waals surface area contributed by atoms with Crippen LogP contribution in [0.5, 0.6) is 0 Å². The van der Waals surface area contributed by atoms with E-state index in [4.69, 9.17) is 0 Å². The van der Waals surface area contributed by atoms with Crippen LogP contribution in [0.2, 0.25) is 0 Å². The van der Waals surface area contributed by atoms with Gasteiger partial charge in [0.1, 0.15) is 5.78 Å². The topological polar surface area (TPSA) is 17.1 Å². The zero-order valence-corrected chi connectivity index (χ0v) is 8.73. The molecule has 0 spiro atoms. The number of benzene rings is 1. The van der Waals surface area contributed by atoms with Gasteiger partial charge in [0.05, 0.1) is 0 Å². The van der Waals surface area contributed by atoms with Crippen LogP contribution in [0.15, 0.2) is 43.0 Å². The molecule has 0 aliphatic carbocycles. The zero-order valence-electron chi connectivity index (χ0n) is 8.73. The fourth-order valence-electron chi connectivity index (χ4n) is 1.69. The summed E-state index contributed by atoms with van der Waals surface area (Å²) in [4.78, 5) is 11.3. The van der Waals surface area contributed by atoms with Gasteiger partial charge in [0.2, 0.25) is 0 Å². The quantitative estimate of drug-likeness (QED) is 0.663. The first-order valence-corrected chi connectivity index (χ1v) is 4.84. The molecule has 0 amide bonds. The van der Waals surface area contributed by atoms with Gasteiger partial charge >= 0.3 is 0 Å². The molecule has 1 nitrogen and oxygen atoms in total. The summed E-state index contributed by atoms with van der Waals surface area (Å²) in [7, 11) is 0. The Morgan fingerprint density at radius 1 is 1.36 bits per heavy atom. The Morgan fingerprint density at radius 2 is 1.93 bits per heavy atom. The van der Waals surface area contributed by atoms with Crippen LogP contribution in [0, 0.1) is 5.92 Å². The normalized spacial score (nSPS) is 14.4. The standard InChI is InChI=1S/C13H16O/c1-4-13(11(3)14)10(2)12-8-6-5-7-9-12/h4-10,13H,1H2,2-3H3/t10-,13-/m1/s1. The fraction of sp³-hybridized carbons (Fsp3) is 0.308. The second kappa shape index (κ2) is 4.75. The molecule has 0 unspecified atom stereocenters. The summed E-state index contributed by atoms with van der Waals surface area (Å²) < 4.78 is 0. The molecule has 1 heteroatoms. The number of carbonyl (C=O) groups excluding carboxylic acids is 1. The molecule has 74 valence electrons. The Bertz CT molecular complexity index is 313. The predicted octanol–water partition coefficient (Wildman–Crippen LogP) is 3.18. The molecule has 0 aliphatic heterocycles. The van der Waals surface area contributed by atoms with Crippen LogP contribution in [0.1, 0.15) is 25.3 Å².